The lowest BCUT2D eigenvalue weighted by molar-refractivity contribution is 0.579. The smallest absolute Gasteiger partial charge is 0.175 e. The molecule has 0 aliphatic rings. The zero-order valence-electron chi connectivity index (χ0n) is 12.6. The third-order valence-electron chi connectivity index (χ3n) is 3.27. The molecule has 0 bridgehead atoms. The number of hydrogen-bond acceptors (Lipinski definition) is 4. The maximum absolute atomic E-state index is 11.4. The number of benzene rings is 1. The Hall–Kier alpha value is -1.66. The molecule has 5 nitrogen and oxygen atoms in total. The van der Waals surface area contributed by atoms with E-state index in [1.165, 1.54) is 6.26 Å². The van der Waals surface area contributed by atoms with Crippen molar-refractivity contribution in [1.82, 2.24) is 15.1 Å². The summed E-state index contributed by atoms with van der Waals surface area (Å²) in [6.07, 6.45) is 1.22. The number of rotatable bonds is 6. The number of sulfone groups is 1. The summed E-state index contributed by atoms with van der Waals surface area (Å²) in [6.45, 7) is 6.34. The fourth-order valence-electron chi connectivity index (χ4n) is 2.20. The van der Waals surface area contributed by atoms with Gasteiger partial charge < -0.3 is 5.32 Å². The van der Waals surface area contributed by atoms with E-state index < -0.39 is 9.84 Å². The molecule has 1 N–H and O–H groups in total. The van der Waals surface area contributed by atoms with Crippen LogP contribution >= 0.6 is 0 Å². The lowest BCUT2D eigenvalue weighted by Gasteiger charge is -2.07. The molecule has 0 radical (unpaired) electrons. The molecule has 0 saturated heterocycles. The van der Waals surface area contributed by atoms with Crippen molar-refractivity contribution < 1.29 is 8.42 Å². The van der Waals surface area contributed by atoms with E-state index in [1.807, 2.05) is 23.7 Å². The van der Waals surface area contributed by atoms with Crippen molar-refractivity contribution in [2.24, 2.45) is 0 Å². The van der Waals surface area contributed by atoms with Crippen molar-refractivity contribution in [3.63, 3.8) is 0 Å². The van der Waals surface area contributed by atoms with E-state index in [9.17, 15) is 8.42 Å². The fourth-order valence-corrected chi connectivity index (χ4v) is 2.84. The summed E-state index contributed by atoms with van der Waals surface area (Å²) in [5.41, 5.74) is 3.23. The minimum Gasteiger partial charge on any atom is -0.307 e. The zero-order chi connectivity index (χ0) is 15.5. The molecule has 6 heteroatoms. The molecule has 2 rings (SSSR count). The van der Waals surface area contributed by atoms with Crippen molar-refractivity contribution in [2.75, 3.05) is 6.26 Å². The predicted molar refractivity (Wildman–Crippen MR) is 82.7 cm³/mol. The number of nitrogens with one attached hydrogen (secondary N) is 1. The highest BCUT2D eigenvalue weighted by Gasteiger charge is 2.06. The number of hydrogen-bond donors (Lipinski definition) is 1. The van der Waals surface area contributed by atoms with Crippen LogP contribution in [0, 0.1) is 6.92 Å². The average molecular weight is 307 g/mol. The summed E-state index contributed by atoms with van der Waals surface area (Å²) in [5.74, 6) is 0. The van der Waals surface area contributed by atoms with Crippen LogP contribution < -0.4 is 5.32 Å². The normalized spacial score (nSPS) is 11.8. The van der Waals surface area contributed by atoms with E-state index in [0.29, 0.717) is 11.4 Å². The summed E-state index contributed by atoms with van der Waals surface area (Å²) >= 11 is 0. The van der Waals surface area contributed by atoms with Crippen molar-refractivity contribution in [3.05, 3.63) is 47.3 Å². The van der Waals surface area contributed by atoms with Gasteiger partial charge in [0.2, 0.25) is 0 Å². The second-order valence-corrected chi connectivity index (χ2v) is 7.13. The van der Waals surface area contributed by atoms with E-state index in [1.54, 1.807) is 12.1 Å². The van der Waals surface area contributed by atoms with Gasteiger partial charge in [-0.2, -0.15) is 5.10 Å². The van der Waals surface area contributed by atoms with Gasteiger partial charge in [0.05, 0.1) is 16.3 Å². The average Bonchev–Trinajstić information content (AvgIpc) is 2.79. The molecule has 0 aliphatic heterocycles. The van der Waals surface area contributed by atoms with Crippen LogP contribution in [0.3, 0.4) is 0 Å². The summed E-state index contributed by atoms with van der Waals surface area (Å²) in [4.78, 5) is 0.353. The largest absolute Gasteiger partial charge is 0.307 e. The van der Waals surface area contributed by atoms with Gasteiger partial charge in [-0.05, 0) is 37.6 Å². The molecule has 0 atom stereocenters. The second kappa shape index (κ2) is 6.41. The highest BCUT2D eigenvalue weighted by atomic mass is 32.2. The van der Waals surface area contributed by atoms with Crippen molar-refractivity contribution >= 4 is 9.84 Å². The highest BCUT2D eigenvalue weighted by Crippen LogP contribution is 2.10. The molecule has 1 heterocycles. The maximum Gasteiger partial charge on any atom is 0.175 e. The third-order valence-corrected chi connectivity index (χ3v) is 4.40. The Kier molecular flexibility index (Phi) is 4.80. The first-order valence-corrected chi connectivity index (χ1v) is 8.82. The van der Waals surface area contributed by atoms with Gasteiger partial charge in [-0.1, -0.05) is 12.1 Å². The molecule has 0 aliphatic carbocycles. The van der Waals surface area contributed by atoms with Crippen LogP contribution in [0.5, 0.6) is 0 Å². The Balaban J connectivity index is 1.94. The minimum atomic E-state index is -3.12. The molecular weight excluding hydrogens is 286 g/mol. The van der Waals surface area contributed by atoms with Crippen LogP contribution in [0.1, 0.15) is 23.9 Å². The zero-order valence-corrected chi connectivity index (χ0v) is 13.4. The van der Waals surface area contributed by atoms with Gasteiger partial charge >= 0.3 is 0 Å². The van der Waals surface area contributed by atoms with Crippen LogP contribution in [0.15, 0.2) is 35.2 Å². The molecule has 21 heavy (non-hydrogen) atoms. The van der Waals surface area contributed by atoms with Crippen molar-refractivity contribution in [2.45, 2.75) is 38.4 Å². The van der Waals surface area contributed by atoms with Crippen LogP contribution in [0.25, 0.3) is 0 Å². The third kappa shape index (κ3) is 4.15. The Morgan fingerprint density at radius 1 is 1.19 bits per heavy atom. The van der Waals surface area contributed by atoms with Gasteiger partial charge in [-0.3, -0.25) is 4.68 Å². The molecule has 0 unspecified atom stereocenters. The first-order chi connectivity index (χ1) is 9.90. The summed E-state index contributed by atoms with van der Waals surface area (Å²) < 4.78 is 24.8. The minimum absolute atomic E-state index is 0.353. The van der Waals surface area contributed by atoms with Gasteiger partial charge in [0, 0.05) is 25.9 Å². The highest BCUT2D eigenvalue weighted by molar-refractivity contribution is 7.90. The van der Waals surface area contributed by atoms with Gasteiger partial charge in [-0.25, -0.2) is 8.42 Å². The quantitative estimate of drug-likeness (QED) is 0.885. The molecule has 0 fully saturated rings. The first kappa shape index (κ1) is 15.7. The molecule has 2 aromatic rings. The van der Waals surface area contributed by atoms with Crippen LogP contribution in [-0.4, -0.2) is 24.5 Å². The number of nitrogens with zero attached hydrogens (tertiary/aromatic N) is 2. The Morgan fingerprint density at radius 3 is 2.43 bits per heavy atom. The van der Waals surface area contributed by atoms with Crippen LogP contribution in [0.4, 0.5) is 0 Å². The molecule has 1 aromatic heterocycles. The van der Waals surface area contributed by atoms with Gasteiger partial charge in [0.15, 0.2) is 9.84 Å². The van der Waals surface area contributed by atoms with Crippen molar-refractivity contribution in [3.8, 4) is 0 Å². The lowest BCUT2D eigenvalue weighted by atomic mass is 10.2. The molecule has 0 saturated carbocycles. The molecule has 0 spiro atoms. The predicted octanol–water partition coefficient (Wildman–Crippen LogP) is 1.90. The summed E-state index contributed by atoms with van der Waals surface area (Å²) in [7, 11) is -3.12. The topological polar surface area (TPSA) is 64.0 Å². The van der Waals surface area contributed by atoms with E-state index >= 15 is 0 Å². The first-order valence-electron chi connectivity index (χ1n) is 6.93. The van der Waals surface area contributed by atoms with E-state index in [-0.39, 0.29) is 0 Å². The van der Waals surface area contributed by atoms with E-state index in [2.05, 4.69) is 23.4 Å². The SMILES string of the molecule is CCn1nc(C)cc1CNCc1ccc(S(C)(=O)=O)cc1. The van der Waals surface area contributed by atoms with Gasteiger partial charge in [0.25, 0.3) is 0 Å². The second-order valence-electron chi connectivity index (χ2n) is 5.11. The van der Waals surface area contributed by atoms with E-state index in [0.717, 1.165) is 30.0 Å². The standard InChI is InChI=1S/C15H21N3O2S/c1-4-18-14(9-12(2)17-18)11-16-10-13-5-7-15(8-6-13)21(3,19)20/h5-9,16H,4,10-11H2,1-3H3. The Morgan fingerprint density at radius 2 is 1.86 bits per heavy atom. The van der Waals surface area contributed by atoms with Gasteiger partial charge in [-0.15, -0.1) is 0 Å². The monoisotopic (exact) mass is 307 g/mol. The number of aromatic nitrogens is 2. The summed E-state index contributed by atoms with van der Waals surface area (Å²) in [5, 5.41) is 7.76. The Labute approximate surface area is 125 Å². The fraction of sp³-hybridized carbons (Fsp3) is 0.400. The summed E-state index contributed by atoms with van der Waals surface area (Å²) in [6, 6.07) is 9.04. The Bertz CT molecular complexity index is 703. The van der Waals surface area contributed by atoms with Crippen molar-refractivity contribution in [1.29, 1.82) is 0 Å². The lowest BCUT2D eigenvalue weighted by Crippen LogP contribution is -2.16. The van der Waals surface area contributed by atoms with Crippen LogP contribution in [0.2, 0.25) is 0 Å². The maximum atomic E-state index is 11.4. The molecular formula is C15H21N3O2S. The molecule has 0 amide bonds. The molecule has 114 valence electrons. The van der Waals surface area contributed by atoms with E-state index in [4.69, 9.17) is 0 Å². The van der Waals surface area contributed by atoms with Gasteiger partial charge in [0.1, 0.15) is 0 Å². The van der Waals surface area contributed by atoms with Crippen LogP contribution in [-0.2, 0) is 29.5 Å². The number of aryl methyl sites for hydroxylation is 2. The molecule has 1 aromatic carbocycles.